The average molecular weight is 472 g/mol. The summed E-state index contributed by atoms with van der Waals surface area (Å²) in [6, 6.07) is 6.78. The van der Waals surface area contributed by atoms with Crippen molar-refractivity contribution >= 4 is 40.1 Å². The maximum Gasteiger partial charge on any atom is 0.490 e. The minimum Gasteiger partial charge on any atom is -0.445 e. The summed E-state index contributed by atoms with van der Waals surface area (Å²) in [5.74, 6) is -3.71. The molecule has 1 heterocycles. The van der Waals surface area contributed by atoms with Crippen molar-refractivity contribution < 1.29 is 27.5 Å². The van der Waals surface area contributed by atoms with Crippen molar-refractivity contribution in [3.05, 3.63) is 35.0 Å². The van der Waals surface area contributed by atoms with Gasteiger partial charge in [-0.05, 0) is 56.5 Å². The Labute approximate surface area is 188 Å². The Bertz CT molecular complexity index is 978. The van der Waals surface area contributed by atoms with Crippen molar-refractivity contribution in [3.63, 3.8) is 0 Å². The normalized spacial score (nSPS) is 16.0. The first-order chi connectivity index (χ1) is 15.2. The van der Waals surface area contributed by atoms with Gasteiger partial charge in [0.15, 0.2) is 6.10 Å². The zero-order valence-corrected chi connectivity index (χ0v) is 18.1. The number of rotatable bonds is 7. The molecule has 1 saturated carbocycles. The van der Waals surface area contributed by atoms with Gasteiger partial charge >= 0.3 is 12.1 Å². The zero-order chi connectivity index (χ0) is 23.3. The molecule has 1 aliphatic carbocycles. The van der Waals surface area contributed by atoms with Crippen LogP contribution in [0.25, 0.3) is 10.9 Å². The second kappa shape index (κ2) is 10.5. The second-order valence-electron chi connectivity index (χ2n) is 7.89. The summed E-state index contributed by atoms with van der Waals surface area (Å²) in [5.41, 5.74) is 7.15. The fourth-order valence-corrected chi connectivity index (χ4v) is 4.16. The van der Waals surface area contributed by atoms with Gasteiger partial charge in [0, 0.05) is 17.0 Å². The lowest BCUT2D eigenvalue weighted by Crippen LogP contribution is -2.42. The van der Waals surface area contributed by atoms with Gasteiger partial charge in [-0.1, -0.05) is 30.9 Å². The molecule has 1 aromatic carbocycles. The number of amides is 1. The van der Waals surface area contributed by atoms with E-state index in [-0.39, 0.29) is 10.7 Å². The molecule has 1 atom stereocenters. The summed E-state index contributed by atoms with van der Waals surface area (Å²) in [6.45, 7) is 0.529. The maximum atomic E-state index is 13.0. The molecule has 1 unspecified atom stereocenters. The lowest BCUT2D eigenvalue weighted by molar-refractivity contribution is -0.207. The van der Waals surface area contributed by atoms with Crippen LogP contribution in [0.2, 0.25) is 5.02 Å². The van der Waals surface area contributed by atoms with Gasteiger partial charge in [-0.25, -0.2) is 4.79 Å². The minimum absolute atomic E-state index is 0.201. The third-order valence-electron chi connectivity index (χ3n) is 5.57. The Morgan fingerprint density at radius 3 is 2.56 bits per heavy atom. The van der Waals surface area contributed by atoms with Gasteiger partial charge in [0.05, 0.1) is 16.2 Å². The summed E-state index contributed by atoms with van der Waals surface area (Å²) >= 11 is 6.29. The van der Waals surface area contributed by atoms with Crippen molar-refractivity contribution in [1.29, 1.82) is 0 Å². The van der Waals surface area contributed by atoms with E-state index in [2.05, 4.69) is 15.0 Å². The molecule has 1 aliphatic rings. The van der Waals surface area contributed by atoms with Crippen LogP contribution in [0, 0.1) is 5.92 Å². The molecule has 6 nitrogen and oxygen atoms in total. The number of aromatic nitrogens is 1. The van der Waals surface area contributed by atoms with Crippen molar-refractivity contribution in [1.82, 2.24) is 4.98 Å². The predicted octanol–water partition coefficient (Wildman–Crippen LogP) is 4.77. The van der Waals surface area contributed by atoms with Gasteiger partial charge in [0.2, 0.25) is 0 Å². The van der Waals surface area contributed by atoms with E-state index in [0.717, 1.165) is 31.4 Å². The van der Waals surface area contributed by atoms with Gasteiger partial charge in [-0.15, -0.1) is 0 Å². The van der Waals surface area contributed by atoms with Gasteiger partial charge in [-0.3, -0.25) is 9.78 Å². The quantitative estimate of drug-likeness (QED) is 0.567. The standard InChI is InChI=1S/C22H25ClF3N3O3/c23-16-10-11-17-15(9-8-14(28-17)7-4-12-27)18(16)29-20(30)19(13-5-2-1-3-6-13)32-21(31)22(24,25)26/h8-11,13,19H,1-7,12,27H2,(H,29,30). The summed E-state index contributed by atoms with van der Waals surface area (Å²) in [5, 5.41) is 3.33. The highest BCUT2D eigenvalue weighted by Crippen LogP contribution is 2.34. The minimum atomic E-state index is -5.19. The molecule has 0 spiro atoms. The molecule has 3 N–H and O–H groups in total. The number of ether oxygens (including phenoxy) is 1. The number of esters is 1. The number of hydrogen-bond donors (Lipinski definition) is 2. The van der Waals surface area contributed by atoms with E-state index in [1.807, 2.05) is 0 Å². The Morgan fingerprint density at radius 1 is 1.19 bits per heavy atom. The molecule has 0 radical (unpaired) electrons. The van der Waals surface area contributed by atoms with E-state index in [9.17, 15) is 22.8 Å². The number of anilines is 1. The number of alkyl halides is 3. The maximum absolute atomic E-state index is 13.0. The Morgan fingerprint density at radius 2 is 1.91 bits per heavy atom. The monoisotopic (exact) mass is 471 g/mol. The van der Waals surface area contributed by atoms with E-state index in [1.54, 1.807) is 24.3 Å². The number of hydrogen-bond acceptors (Lipinski definition) is 5. The number of halogens is 4. The molecule has 2 aromatic rings. The molecule has 1 fully saturated rings. The molecule has 32 heavy (non-hydrogen) atoms. The number of carbonyl (C=O) groups excluding carboxylic acids is 2. The molecular formula is C22H25ClF3N3O3. The summed E-state index contributed by atoms with van der Waals surface area (Å²) in [7, 11) is 0. The second-order valence-corrected chi connectivity index (χ2v) is 8.30. The number of nitrogens with one attached hydrogen (secondary N) is 1. The number of fused-ring (bicyclic) bond motifs is 1. The van der Waals surface area contributed by atoms with Crippen molar-refractivity contribution in [2.24, 2.45) is 11.7 Å². The fraction of sp³-hybridized carbons (Fsp3) is 0.500. The molecule has 0 bridgehead atoms. The van der Waals surface area contributed by atoms with Crippen LogP contribution in [0.3, 0.4) is 0 Å². The molecule has 10 heteroatoms. The van der Waals surface area contributed by atoms with E-state index < -0.39 is 30.1 Å². The van der Waals surface area contributed by atoms with Crippen LogP contribution in [0.4, 0.5) is 18.9 Å². The lowest BCUT2D eigenvalue weighted by Gasteiger charge is -2.29. The number of carbonyl (C=O) groups is 2. The molecule has 0 aliphatic heterocycles. The van der Waals surface area contributed by atoms with E-state index in [4.69, 9.17) is 17.3 Å². The van der Waals surface area contributed by atoms with Crippen LogP contribution in [0.15, 0.2) is 24.3 Å². The highest BCUT2D eigenvalue weighted by atomic mass is 35.5. The van der Waals surface area contributed by atoms with Gasteiger partial charge in [0.25, 0.3) is 5.91 Å². The van der Waals surface area contributed by atoms with E-state index in [0.29, 0.717) is 36.7 Å². The highest BCUT2D eigenvalue weighted by Gasteiger charge is 2.45. The molecule has 1 amide bonds. The van der Waals surface area contributed by atoms with Crippen molar-refractivity contribution in [2.75, 3.05) is 11.9 Å². The third-order valence-corrected chi connectivity index (χ3v) is 5.88. The number of benzene rings is 1. The SMILES string of the molecule is NCCCc1ccc2c(NC(=O)C(OC(=O)C(F)(F)F)C3CCCCC3)c(Cl)ccc2n1. The lowest BCUT2D eigenvalue weighted by atomic mass is 9.84. The summed E-state index contributed by atoms with van der Waals surface area (Å²) < 4.78 is 43.1. The van der Waals surface area contributed by atoms with Crippen LogP contribution in [0.5, 0.6) is 0 Å². The Balaban J connectivity index is 1.88. The van der Waals surface area contributed by atoms with Crippen LogP contribution in [-0.2, 0) is 20.7 Å². The average Bonchev–Trinajstić information content (AvgIpc) is 2.77. The van der Waals surface area contributed by atoms with Crippen LogP contribution in [-0.4, -0.2) is 35.7 Å². The number of pyridine rings is 1. The zero-order valence-electron chi connectivity index (χ0n) is 17.4. The molecule has 1 aromatic heterocycles. The van der Waals surface area contributed by atoms with E-state index in [1.165, 1.54) is 0 Å². The summed E-state index contributed by atoms with van der Waals surface area (Å²) in [4.78, 5) is 29.1. The fourth-order valence-electron chi connectivity index (χ4n) is 3.95. The van der Waals surface area contributed by atoms with Gasteiger partial charge in [0.1, 0.15) is 0 Å². The first-order valence-corrected chi connectivity index (χ1v) is 11.0. The number of nitrogens with two attached hydrogens (primary N) is 1. The molecular weight excluding hydrogens is 447 g/mol. The molecule has 174 valence electrons. The molecule has 3 rings (SSSR count). The van der Waals surface area contributed by atoms with Gasteiger partial charge < -0.3 is 15.8 Å². The first kappa shape index (κ1) is 24.3. The van der Waals surface area contributed by atoms with Crippen LogP contribution >= 0.6 is 11.6 Å². The van der Waals surface area contributed by atoms with Crippen molar-refractivity contribution in [2.45, 2.75) is 57.2 Å². The molecule has 0 saturated heterocycles. The predicted molar refractivity (Wildman–Crippen MR) is 115 cm³/mol. The Kier molecular flexibility index (Phi) is 7.95. The highest BCUT2D eigenvalue weighted by molar-refractivity contribution is 6.35. The third kappa shape index (κ3) is 5.89. The first-order valence-electron chi connectivity index (χ1n) is 10.6. The largest absolute Gasteiger partial charge is 0.490 e. The number of aryl methyl sites for hydroxylation is 1. The van der Waals surface area contributed by atoms with Crippen LogP contribution < -0.4 is 11.1 Å². The van der Waals surface area contributed by atoms with Gasteiger partial charge in [-0.2, -0.15) is 13.2 Å². The van der Waals surface area contributed by atoms with E-state index >= 15 is 0 Å². The summed E-state index contributed by atoms with van der Waals surface area (Å²) in [6.07, 6.45) is -1.87. The van der Waals surface area contributed by atoms with Crippen molar-refractivity contribution in [3.8, 4) is 0 Å². The number of nitrogens with zero attached hydrogens (tertiary/aromatic N) is 1. The Hall–Kier alpha value is -2.39. The smallest absolute Gasteiger partial charge is 0.445 e. The topological polar surface area (TPSA) is 94.3 Å². The van der Waals surface area contributed by atoms with Crippen LogP contribution in [0.1, 0.15) is 44.2 Å².